The van der Waals surface area contributed by atoms with E-state index in [2.05, 4.69) is 9.97 Å². The number of aliphatic hydroxyl groups is 1. The number of β-amino-alcohol motifs (C(OH)–C–C–N with tert-alkyl or cyclic N) is 1. The summed E-state index contributed by atoms with van der Waals surface area (Å²) in [5.41, 5.74) is 2.63. The molecule has 0 radical (unpaired) electrons. The molecule has 2 N–H and O–H groups in total. The molecular formula is C18H19FN4O3. The van der Waals surface area contributed by atoms with Gasteiger partial charge in [0.25, 0.3) is 0 Å². The van der Waals surface area contributed by atoms with Crippen molar-refractivity contribution in [2.24, 2.45) is 0 Å². The molecule has 8 heteroatoms. The second kappa shape index (κ2) is 6.53. The molecule has 0 amide bonds. The van der Waals surface area contributed by atoms with E-state index in [4.69, 9.17) is 5.11 Å². The van der Waals surface area contributed by atoms with E-state index in [1.54, 1.807) is 12.3 Å². The molecule has 2 aromatic rings. The first-order valence-corrected chi connectivity index (χ1v) is 8.56. The molecule has 1 unspecified atom stereocenters. The first-order valence-electron chi connectivity index (χ1n) is 8.56. The number of hydrogen-bond acceptors (Lipinski definition) is 6. The van der Waals surface area contributed by atoms with Gasteiger partial charge in [0.15, 0.2) is 0 Å². The quantitative estimate of drug-likeness (QED) is 0.803. The van der Waals surface area contributed by atoms with E-state index >= 15 is 0 Å². The van der Waals surface area contributed by atoms with Gasteiger partial charge in [0.05, 0.1) is 6.10 Å². The van der Waals surface area contributed by atoms with Crippen LogP contribution in [0.1, 0.15) is 28.0 Å². The Morgan fingerprint density at radius 1 is 1.19 bits per heavy atom. The van der Waals surface area contributed by atoms with Gasteiger partial charge in [0.2, 0.25) is 5.95 Å². The first-order chi connectivity index (χ1) is 12.5. The van der Waals surface area contributed by atoms with Crippen LogP contribution in [0, 0.1) is 5.95 Å². The molecule has 7 nitrogen and oxygen atoms in total. The maximum atomic E-state index is 14.1. The summed E-state index contributed by atoms with van der Waals surface area (Å²) in [5.74, 6) is -1.06. The molecular weight excluding hydrogens is 339 g/mol. The summed E-state index contributed by atoms with van der Waals surface area (Å²) < 4.78 is 14.1. The van der Waals surface area contributed by atoms with Crippen molar-refractivity contribution in [1.82, 2.24) is 9.97 Å². The van der Waals surface area contributed by atoms with Crippen LogP contribution in [0.4, 0.5) is 15.9 Å². The van der Waals surface area contributed by atoms with Crippen molar-refractivity contribution in [3.8, 4) is 0 Å². The van der Waals surface area contributed by atoms with Crippen LogP contribution < -0.4 is 9.80 Å². The molecule has 1 saturated heterocycles. The third kappa shape index (κ3) is 3.20. The highest BCUT2D eigenvalue weighted by Crippen LogP contribution is 2.28. The second-order valence-electron chi connectivity index (χ2n) is 6.71. The van der Waals surface area contributed by atoms with Crippen molar-refractivity contribution in [2.45, 2.75) is 25.5 Å². The minimum atomic E-state index is -1.04. The normalized spacial score (nSPS) is 19.5. The lowest BCUT2D eigenvalue weighted by molar-refractivity contribution is 0.0690. The number of aromatic nitrogens is 2. The van der Waals surface area contributed by atoms with Crippen LogP contribution in [-0.2, 0) is 13.0 Å². The third-order valence-corrected chi connectivity index (χ3v) is 4.93. The number of aliphatic hydroxyl groups excluding tert-OH is 1. The van der Waals surface area contributed by atoms with Gasteiger partial charge in [-0.1, -0.05) is 0 Å². The van der Waals surface area contributed by atoms with Crippen LogP contribution in [-0.4, -0.2) is 51.9 Å². The Kier molecular flexibility index (Phi) is 4.20. The molecule has 1 fully saturated rings. The summed E-state index contributed by atoms with van der Waals surface area (Å²) in [5, 5.41) is 18.8. The molecule has 2 aliphatic heterocycles. The molecule has 0 aliphatic carbocycles. The van der Waals surface area contributed by atoms with E-state index in [1.807, 2.05) is 15.9 Å². The van der Waals surface area contributed by atoms with Gasteiger partial charge >= 0.3 is 5.97 Å². The number of carboxylic acids is 1. The van der Waals surface area contributed by atoms with Crippen LogP contribution in [0.5, 0.6) is 0 Å². The van der Waals surface area contributed by atoms with Gasteiger partial charge in [-0.25, -0.2) is 14.8 Å². The maximum absolute atomic E-state index is 14.1. The molecule has 136 valence electrons. The molecule has 0 aromatic carbocycles. The van der Waals surface area contributed by atoms with E-state index in [1.165, 1.54) is 6.07 Å². The average molecular weight is 358 g/mol. The summed E-state index contributed by atoms with van der Waals surface area (Å²) in [6.07, 6.45) is 2.51. The SMILES string of the molecule is O=C(O)c1cc2c(cn1)CN(c1cc(N3CCC(O)C3)cc(F)n1)CC2. The van der Waals surface area contributed by atoms with Crippen molar-refractivity contribution in [2.75, 3.05) is 29.4 Å². The minimum absolute atomic E-state index is 0.0379. The van der Waals surface area contributed by atoms with E-state index in [-0.39, 0.29) is 11.8 Å². The van der Waals surface area contributed by atoms with E-state index in [0.29, 0.717) is 50.5 Å². The topological polar surface area (TPSA) is 89.8 Å². The summed E-state index contributed by atoms with van der Waals surface area (Å²) in [7, 11) is 0. The average Bonchev–Trinajstić information content (AvgIpc) is 3.06. The summed E-state index contributed by atoms with van der Waals surface area (Å²) >= 11 is 0. The summed E-state index contributed by atoms with van der Waals surface area (Å²) in [6.45, 7) is 2.30. The number of halogens is 1. The summed E-state index contributed by atoms with van der Waals surface area (Å²) in [4.78, 5) is 23.0. The van der Waals surface area contributed by atoms with Gasteiger partial charge in [0, 0.05) is 50.2 Å². The number of anilines is 2. The third-order valence-electron chi connectivity index (χ3n) is 4.93. The van der Waals surface area contributed by atoms with Gasteiger partial charge in [-0.15, -0.1) is 0 Å². The Hall–Kier alpha value is -2.74. The largest absolute Gasteiger partial charge is 0.477 e. The van der Waals surface area contributed by atoms with Gasteiger partial charge in [0.1, 0.15) is 11.5 Å². The van der Waals surface area contributed by atoms with Gasteiger partial charge in [-0.2, -0.15) is 4.39 Å². The Balaban J connectivity index is 1.58. The minimum Gasteiger partial charge on any atom is -0.477 e. The van der Waals surface area contributed by atoms with E-state index in [0.717, 1.165) is 11.1 Å². The molecule has 0 saturated carbocycles. The van der Waals surface area contributed by atoms with Gasteiger partial charge in [-0.3, -0.25) is 0 Å². The van der Waals surface area contributed by atoms with Crippen molar-refractivity contribution in [3.05, 3.63) is 47.2 Å². The molecule has 0 spiro atoms. The maximum Gasteiger partial charge on any atom is 0.354 e. The molecule has 1 atom stereocenters. The predicted molar refractivity (Wildman–Crippen MR) is 93.0 cm³/mol. The van der Waals surface area contributed by atoms with Crippen LogP contribution in [0.25, 0.3) is 0 Å². The predicted octanol–water partition coefficient (Wildman–Crippen LogP) is 1.45. The van der Waals surface area contributed by atoms with Crippen LogP contribution in [0.2, 0.25) is 0 Å². The smallest absolute Gasteiger partial charge is 0.354 e. The highest BCUT2D eigenvalue weighted by atomic mass is 19.1. The molecule has 2 aromatic heterocycles. The van der Waals surface area contributed by atoms with Crippen molar-refractivity contribution >= 4 is 17.5 Å². The number of fused-ring (bicyclic) bond motifs is 1. The number of nitrogens with zero attached hydrogens (tertiary/aromatic N) is 4. The fraction of sp³-hybridized carbons (Fsp3) is 0.389. The molecule has 4 heterocycles. The second-order valence-corrected chi connectivity index (χ2v) is 6.71. The fourth-order valence-corrected chi connectivity index (χ4v) is 3.54. The van der Waals surface area contributed by atoms with Crippen LogP contribution in [0.15, 0.2) is 24.4 Å². The monoisotopic (exact) mass is 358 g/mol. The van der Waals surface area contributed by atoms with Crippen molar-refractivity contribution in [3.63, 3.8) is 0 Å². The number of hydrogen-bond donors (Lipinski definition) is 2. The number of aromatic carboxylic acids is 1. The number of carbonyl (C=O) groups is 1. The Labute approximate surface area is 149 Å². The zero-order valence-corrected chi connectivity index (χ0v) is 14.1. The van der Waals surface area contributed by atoms with E-state index < -0.39 is 11.9 Å². The van der Waals surface area contributed by atoms with Crippen LogP contribution >= 0.6 is 0 Å². The molecule has 26 heavy (non-hydrogen) atoms. The van der Waals surface area contributed by atoms with Crippen molar-refractivity contribution in [1.29, 1.82) is 0 Å². The molecule has 4 rings (SSSR count). The zero-order valence-electron chi connectivity index (χ0n) is 14.1. The standard InChI is InChI=1S/C18H19FN4O3/c19-16-6-13(22-4-2-14(24)10-22)7-17(21-16)23-3-1-11-5-15(18(25)26)20-8-12(11)9-23/h5-8,14,24H,1-4,9-10H2,(H,25,26). The van der Waals surface area contributed by atoms with Crippen molar-refractivity contribution < 1.29 is 19.4 Å². The van der Waals surface area contributed by atoms with Crippen LogP contribution in [0.3, 0.4) is 0 Å². The van der Waals surface area contributed by atoms with Gasteiger partial charge in [-0.05, 0) is 30.0 Å². The fourth-order valence-electron chi connectivity index (χ4n) is 3.54. The van der Waals surface area contributed by atoms with E-state index in [9.17, 15) is 14.3 Å². The Morgan fingerprint density at radius 3 is 2.77 bits per heavy atom. The Morgan fingerprint density at radius 2 is 2.04 bits per heavy atom. The zero-order chi connectivity index (χ0) is 18.3. The lowest BCUT2D eigenvalue weighted by atomic mass is 10.0. The summed E-state index contributed by atoms with van der Waals surface area (Å²) in [6, 6.07) is 4.83. The molecule has 0 bridgehead atoms. The Bertz CT molecular complexity index is 860. The van der Waals surface area contributed by atoms with Gasteiger partial charge < -0.3 is 20.0 Å². The molecule has 2 aliphatic rings. The first kappa shape index (κ1) is 16.7. The highest BCUT2D eigenvalue weighted by molar-refractivity contribution is 5.85. The lowest BCUT2D eigenvalue weighted by Crippen LogP contribution is -2.32. The lowest BCUT2D eigenvalue weighted by Gasteiger charge is -2.30. The number of rotatable bonds is 3. The highest BCUT2D eigenvalue weighted by Gasteiger charge is 2.24. The number of pyridine rings is 2. The number of carboxylic acid groups (broad SMARTS) is 1.